The number of hydrogen-bond donors (Lipinski definition) is 0. The highest BCUT2D eigenvalue weighted by molar-refractivity contribution is 6.01. The fraction of sp³-hybridized carbons (Fsp3) is 0.667. The van der Waals surface area contributed by atoms with E-state index in [9.17, 15) is 4.79 Å². The van der Waals surface area contributed by atoms with Crippen molar-refractivity contribution in [3.8, 4) is 0 Å². The van der Waals surface area contributed by atoms with E-state index in [4.69, 9.17) is 9.57 Å². The number of rotatable bonds is 6. The molecular formula is C12H19NO3. The molecule has 0 aliphatic heterocycles. The van der Waals surface area contributed by atoms with Crippen molar-refractivity contribution in [2.45, 2.75) is 39.0 Å². The van der Waals surface area contributed by atoms with Gasteiger partial charge in [0.25, 0.3) is 0 Å². The van der Waals surface area contributed by atoms with Gasteiger partial charge in [0, 0.05) is 6.42 Å². The molecule has 0 spiro atoms. The summed E-state index contributed by atoms with van der Waals surface area (Å²) < 4.78 is 4.87. The van der Waals surface area contributed by atoms with Crippen molar-refractivity contribution in [1.82, 2.24) is 0 Å². The summed E-state index contributed by atoms with van der Waals surface area (Å²) in [4.78, 5) is 15.9. The van der Waals surface area contributed by atoms with Gasteiger partial charge >= 0.3 is 5.97 Å². The van der Waals surface area contributed by atoms with Crippen LogP contribution >= 0.6 is 0 Å². The van der Waals surface area contributed by atoms with Gasteiger partial charge < -0.3 is 9.57 Å². The van der Waals surface area contributed by atoms with Gasteiger partial charge in [0.05, 0.1) is 12.3 Å². The Morgan fingerprint density at radius 2 is 2.38 bits per heavy atom. The normalized spacial score (nSPS) is 17.4. The highest BCUT2D eigenvalue weighted by atomic mass is 16.6. The Balaban J connectivity index is 2.27. The largest absolute Gasteiger partial charge is 0.466 e. The van der Waals surface area contributed by atoms with Crippen molar-refractivity contribution >= 4 is 11.7 Å². The van der Waals surface area contributed by atoms with E-state index in [-0.39, 0.29) is 5.97 Å². The minimum Gasteiger partial charge on any atom is -0.466 e. The molecule has 4 nitrogen and oxygen atoms in total. The molecule has 90 valence electrons. The molecule has 0 aromatic heterocycles. The molecule has 0 heterocycles. The smallest absolute Gasteiger partial charge is 0.305 e. The molecule has 0 atom stereocenters. The number of esters is 1. The van der Waals surface area contributed by atoms with E-state index in [1.54, 1.807) is 7.11 Å². The summed E-state index contributed by atoms with van der Waals surface area (Å²) in [5.74, 6) is -0.119. The second-order valence-electron chi connectivity index (χ2n) is 3.65. The lowest BCUT2D eigenvalue weighted by Crippen LogP contribution is -2.04. The van der Waals surface area contributed by atoms with E-state index < -0.39 is 0 Å². The first kappa shape index (κ1) is 12.7. The number of carbonyl (C=O) groups excluding carboxylic acids is 1. The van der Waals surface area contributed by atoms with Crippen molar-refractivity contribution < 1.29 is 14.4 Å². The fourth-order valence-electron chi connectivity index (χ4n) is 1.78. The van der Waals surface area contributed by atoms with E-state index in [2.05, 4.69) is 11.2 Å². The van der Waals surface area contributed by atoms with Gasteiger partial charge in [0.1, 0.15) is 7.11 Å². The lowest BCUT2D eigenvalue weighted by atomic mass is 10.1. The van der Waals surface area contributed by atoms with Crippen LogP contribution < -0.4 is 0 Å². The molecule has 4 heteroatoms. The molecule has 1 rings (SSSR count). The Morgan fingerprint density at radius 1 is 1.56 bits per heavy atom. The zero-order valence-corrected chi connectivity index (χ0v) is 9.99. The van der Waals surface area contributed by atoms with Crippen LogP contribution in [-0.2, 0) is 14.4 Å². The monoisotopic (exact) mass is 225 g/mol. The molecule has 0 unspecified atom stereocenters. The summed E-state index contributed by atoms with van der Waals surface area (Å²) in [5.41, 5.74) is 2.23. The van der Waals surface area contributed by atoms with Crippen molar-refractivity contribution in [1.29, 1.82) is 0 Å². The maximum atomic E-state index is 11.1. The minimum absolute atomic E-state index is 0.119. The third kappa shape index (κ3) is 4.04. The number of hydrogen-bond acceptors (Lipinski definition) is 4. The van der Waals surface area contributed by atoms with Crippen LogP contribution in [0.2, 0.25) is 0 Å². The quantitative estimate of drug-likeness (QED) is 0.515. The molecule has 0 bridgehead atoms. The van der Waals surface area contributed by atoms with Crippen LogP contribution in [-0.4, -0.2) is 25.4 Å². The standard InChI is InChI=1S/C12H19NO3/c1-3-16-12(14)9-5-7-10-6-4-8-11(10)13-15-2/h6H,3-5,7-9H2,1-2H3/b13-11+. The lowest BCUT2D eigenvalue weighted by Gasteiger charge is -2.04. The van der Waals surface area contributed by atoms with Crippen molar-refractivity contribution in [3.05, 3.63) is 11.6 Å². The topological polar surface area (TPSA) is 47.9 Å². The molecular weight excluding hydrogens is 206 g/mol. The van der Waals surface area contributed by atoms with E-state index in [0.29, 0.717) is 13.0 Å². The first-order chi connectivity index (χ1) is 7.77. The number of ether oxygens (including phenoxy) is 1. The molecule has 0 aromatic rings. The second-order valence-corrected chi connectivity index (χ2v) is 3.65. The summed E-state index contributed by atoms with van der Waals surface area (Å²) in [7, 11) is 1.56. The van der Waals surface area contributed by atoms with Gasteiger partial charge in [-0.25, -0.2) is 0 Å². The molecule has 0 aromatic carbocycles. The van der Waals surface area contributed by atoms with Crippen molar-refractivity contribution in [3.63, 3.8) is 0 Å². The van der Waals surface area contributed by atoms with Crippen LogP contribution in [0, 0.1) is 0 Å². The van der Waals surface area contributed by atoms with Crippen LogP contribution in [0.1, 0.15) is 39.0 Å². The second kappa shape index (κ2) is 7.04. The average Bonchev–Trinajstić information content (AvgIpc) is 2.67. The van der Waals surface area contributed by atoms with Gasteiger partial charge in [-0.1, -0.05) is 11.2 Å². The third-order valence-corrected chi connectivity index (χ3v) is 2.48. The Morgan fingerprint density at radius 3 is 3.06 bits per heavy atom. The van der Waals surface area contributed by atoms with Gasteiger partial charge in [-0.2, -0.15) is 0 Å². The first-order valence-corrected chi connectivity index (χ1v) is 5.73. The highest BCUT2D eigenvalue weighted by Crippen LogP contribution is 2.21. The summed E-state index contributed by atoms with van der Waals surface area (Å²) >= 11 is 0. The van der Waals surface area contributed by atoms with Gasteiger partial charge in [-0.15, -0.1) is 0 Å². The number of carbonyl (C=O) groups is 1. The van der Waals surface area contributed by atoms with Crippen LogP contribution in [0.3, 0.4) is 0 Å². The fourth-order valence-corrected chi connectivity index (χ4v) is 1.78. The lowest BCUT2D eigenvalue weighted by molar-refractivity contribution is -0.143. The van der Waals surface area contributed by atoms with Gasteiger partial charge in [-0.05, 0) is 38.2 Å². The Labute approximate surface area is 96.3 Å². The molecule has 0 saturated heterocycles. The molecule has 16 heavy (non-hydrogen) atoms. The Bertz CT molecular complexity index is 295. The molecule has 0 fully saturated rings. The molecule has 0 amide bonds. The van der Waals surface area contributed by atoms with E-state index >= 15 is 0 Å². The van der Waals surface area contributed by atoms with Gasteiger partial charge in [0.2, 0.25) is 0 Å². The summed E-state index contributed by atoms with van der Waals surface area (Å²) in [6, 6.07) is 0. The molecule has 1 aliphatic carbocycles. The number of oxime groups is 1. The van der Waals surface area contributed by atoms with Crippen molar-refractivity contribution in [2.75, 3.05) is 13.7 Å². The maximum Gasteiger partial charge on any atom is 0.305 e. The van der Waals surface area contributed by atoms with Gasteiger partial charge in [-0.3, -0.25) is 4.79 Å². The maximum absolute atomic E-state index is 11.1. The highest BCUT2D eigenvalue weighted by Gasteiger charge is 2.14. The zero-order chi connectivity index (χ0) is 11.8. The number of allylic oxidation sites excluding steroid dienone is 2. The molecule has 1 aliphatic rings. The third-order valence-electron chi connectivity index (χ3n) is 2.48. The Kier molecular flexibility index (Phi) is 5.61. The minimum atomic E-state index is -0.119. The summed E-state index contributed by atoms with van der Waals surface area (Å²) in [5, 5.41) is 3.97. The predicted molar refractivity (Wildman–Crippen MR) is 62.2 cm³/mol. The van der Waals surface area contributed by atoms with E-state index in [1.807, 2.05) is 6.92 Å². The average molecular weight is 225 g/mol. The molecule has 0 saturated carbocycles. The van der Waals surface area contributed by atoms with Crippen molar-refractivity contribution in [2.24, 2.45) is 5.16 Å². The van der Waals surface area contributed by atoms with E-state index in [1.165, 1.54) is 5.57 Å². The van der Waals surface area contributed by atoms with Crippen LogP contribution in [0.15, 0.2) is 16.8 Å². The first-order valence-electron chi connectivity index (χ1n) is 5.73. The zero-order valence-electron chi connectivity index (χ0n) is 9.99. The van der Waals surface area contributed by atoms with Crippen LogP contribution in [0.25, 0.3) is 0 Å². The summed E-state index contributed by atoms with van der Waals surface area (Å²) in [6.45, 7) is 2.28. The SMILES string of the molecule is CCOC(=O)CCCC1=CCC/C1=N\OC. The molecule has 0 radical (unpaired) electrons. The predicted octanol–water partition coefficient (Wildman–Crippen LogP) is 2.44. The summed E-state index contributed by atoms with van der Waals surface area (Å²) in [6.07, 6.45) is 6.31. The van der Waals surface area contributed by atoms with E-state index in [0.717, 1.165) is 31.4 Å². The van der Waals surface area contributed by atoms with Crippen LogP contribution in [0.5, 0.6) is 0 Å². The van der Waals surface area contributed by atoms with Crippen LogP contribution in [0.4, 0.5) is 0 Å². The number of nitrogens with zero attached hydrogens (tertiary/aromatic N) is 1. The van der Waals surface area contributed by atoms with Gasteiger partial charge in [0.15, 0.2) is 0 Å². The molecule has 0 N–H and O–H groups in total. The Hall–Kier alpha value is -1.32.